The molecule has 5 nitrogen and oxygen atoms in total. The monoisotopic (exact) mass is 255 g/mol. The predicted octanol–water partition coefficient (Wildman–Crippen LogP) is 2.11. The highest BCUT2D eigenvalue weighted by Gasteiger charge is 2.81. The molecule has 0 unspecified atom stereocenters. The Morgan fingerprint density at radius 1 is 1.33 bits per heavy atom. The summed E-state index contributed by atoms with van der Waals surface area (Å²) in [6, 6.07) is -0.239. The quantitative estimate of drug-likeness (QED) is 0.779. The maximum absolute atomic E-state index is 12.1. The minimum Gasteiger partial charge on any atom is -0.481 e. The summed E-state index contributed by atoms with van der Waals surface area (Å²) < 4.78 is 5.33. The number of nitrogens with zero attached hydrogens (tertiary/aromatic N) is 1. The fraction of sp³-hybridized carbons (Fsp3) is 0.846. The van der Waals surface area contributed by atoms with Gasteiger partial charge < -0.3 is 14.7 Å². The predicted molar refractivity (Wildman–Crippen MR) is 65.2 cm³/mol. The number of amides is 1. The van der Waals surface area contributed by atoms with E-state index in [-0.39, 0.29) is 11.5 Å². The number of carboxylic acids is 1. The van der Waals surface area contributed by atoms with Crippen LogP contribution in [0.3, 0.4) is 0 Å². The Hall–Kier alpha value is -1.26. The summed E-state index contributed by atoms with van der Waals surface area (Å²) in [7, 11) is 0. The molecular formula is C13H21NO4. The van der Waals surface area contributed by atoms with E-state index in [4.69, 9.17) is 4.74 Å². The number of fused-ring (bicyclic) bond motifs is 1. The molecule has 18 heavy (non-hydrogen) atoms. The maximum atomic E-state index is 12.1. The van der Waals surface area contributed by atoms with E-state index in [0.717, 1.165) is 0 Å². The van der Waals surface area contributed by atoms with E-state index in [2.05, 4.69) is 0 Å². The van der Waals surface area contributed by atoms with Crippen LogP contribution in [0.1, 0.15) is 41.0 Å². The van der Waals surface area contributed by atoms with Gasteiger partial charge in [0.25, 0.3) is 0 Å². The normalized spacial score (nSPS) is 32.9. The number of carbonyl (C=O) groups excluding carboxylic acids is 1. The van der Waals surface area contributed by atoms with Gasteiger partial charge in [-0.1, -0.05) is 13.8 Å². The lowest BCUT2D eigenvalue weighted by atomic mass is 9.93. The first-order chi connectivity index (χ1) is 8.04. The second-order valence-electron chi connectivity index (χ2n) is 6.82. The summed E-state index contributed by atoms with van der Waals surface area (Å²) in [4.78, 5) is 25.1. The Kier molecular flexibility index (Phi) is 2.49. The topological polar surface area (TPSA) is 66.8 Å². The van der Waals surface area contributed by atoms with Crippen LogP contribution in [0.5, 0.6) is 0 Å². The number of hydrogen-bond acceptors (Lipinski definition) is 3. The van der Waals surface area contributed by atoms with E-state index >= 15 is 0 Å². The van der Waals surface area contributed by atoms with Gasteiger partial charge in [-0.2, -0.15) is 0 Å². The van der Waals surface area contributed by atoms with Gasteiger partial charge in [0, 0.05) is 12.0 Å². The minimum absolute atomic E-state index is 0.239. The largest absolute Gasteiger partial charge is 0.481 e. The first kappa shape index (κ1) is 13.2. The number of aliphatic carboxylic acids is 1. The van der Waals surface area contributed by atoms with Crippen molar-refractivity contribution in [3.8, 4) is 0 Å². The van der Waals surface area contributed by atoms with Crippen LogP contribution in [-0.2, 0) is 9.53 Å². The van der Waals surface area contributed by atoms with Crippen LogP contribution in [0.25, 0.3) is 0 Å². The highest BCUT2D eigenvalue weighted by atomic mass is 16.6. The lowest BCUT2D eigenvalue weighted by Crippen LogP contribution is -2.38. The van der Waals surface area contributed by atoms with E-state index in [1.807, 2.05) is 34.6 Å². The van der Waals surface area contributed by atoms with Crippen molar-refractivity contribution >= 4 is 12.1 Å². The van der Waals surface area contributed by atoms with E-state index in [1.165, 1.54) is 0 Å². The lowest BCUT2D eigenvalue weighted by molar-refractivity contribution is -0.144. The number of likely N-dealkylation sites (tertiary alicyclic amines) is 1. The zero-order valence-electron chi connectivity index (χ0n) is 11.6. The Morgan fingerprint density at radius 3 is 2.22 bits per heavy atom. The van der Waals surface area contributed by atoms with E-state index in [1.54, 1.807) is 4.90 Å². The zero-order valence-corrected chi connectivity index (χ0v) is 11.6. The molecule has 2 aliphatic rings. The molecule has 1 N–H and O–H groups in total. The highest BCUT2D eigenvalue weighted by molar-refractivity contribution is 5.85. The standard InChI is InChI=1S/C13H21NO4/c1-11(2,3)18-10(17)14-7-6-13(9(15)16)8(14)12(13,4)5/h8H,6-7H2,1-5H3,(H,15,16)/t8-,13-/m1/s1. The first-order valence-corrected chi connectivity index (χ1v) is 6.27. The Labute approximate surface area is 107 Å². The van der Waals surface area contributed by atoms with Crippen molar-refractivity contribution < 1.29 is 19.4 Å². The summed E-state index contributed by atoms with van der Waals surface area (Å²) in [6.45, 7) is 9.70. The molecular weight excluding hydrogens is 234 g/mol. The molecule has 2 fully saturated rings. The smallest absolute Gasteiger partial charge is 0.410 e. The van der Waals surface area contributed by atoms with Gasteiger partial charge in [-0.05, 0) is 27.2 Å². The van der Waals surface area contributed by atoms with Crippen molar-refractivity contribution in [3.05, 3.63) is 0 Å². The van der Waals surface area contributed by atoms with Crippen molar-refractivity contribution in [1.82, 2.24) is 4.90 Å². The molecule has 102 valence electrons. The molecule has 0 bridgehead atoms. The molecule has 0 aromatic rings. The molecule has 1 saturated heterocycles. The molecule has 1 aliphatic heterocycles. The molecule has 5 heteroatoms. The molecule has 2 rings (SSSR count). The van der Waals surface area contributed by atoms with Gasteiger partial charge in [0.2, 0.25) is 0 Å². The van der Waals surface area contributed by atoms with Gasteiger partial charge in [-0.25, -0.2) is 4.79 Å². The molecule has 1 aliphatic carbocycles. The van der Waals surface area contributed by atoms with Crippen LogP contribution in [0, 0.1) is 10.8 Å². The maximum Gasteiger partial charge on any atom is 0.410 e. The zero-order chi connectivity index (χ0) is 13.9. The lowest BCUT2D eigenvalue weighted by Gasteiger charge is -2.27. The van der Waals surface area contributed by atoms with Crippen molar-refractivity contribution in [1.29, 1.82) is 0 Å². The van der Waals surface area contributed by atoms with Gasteiger partial charge in [-0.3, -0.25) is 4.79 Å². The summed E-state index contributed by atoms with van der Waals surface area (Å²) >= 11 is 0. The average Bonchev–Trinajstić information content (AvgIpc) is 2.55. The van der Waals surface area contributed by atoms with Crippen LogP contribution in [0.15, 0.2) is 0 Å². The summed E-state index contributed by atoms with van der Waals surface area (Å²) in [5, 5.41) is 9.40. The Bertz CT molecular complexity index is 410. The summed E-state index contributed by atoms with van der Waals surface area (Å²) in [5.41, 5.74) is -1.69. The fourth-order valence-corrected chi connectivity index (χ4v) is 3.38. The van der Waals surface area contributed by atoms with Crippen LogP contribution in [0.2, 0.25) is 0 Å². The van der Waals surface area contributed by atoms with Crippen molar-refractivity contribution in [2.45, 2.75) is 52.7 Å². The first-order valence-electron chi connectivity index (χ1n) is 6.27. The van der Waals surface area contributed by atoms with Crippen molar-refractivity contribution in [2.75, 3.05) is 6.54 Å². The second-order valence-corrected chi connectivity index (χ2v) is 6.82. The molecule has 0 radical (unpaired) electrons. The van der Waals surface area contributed by atoms with E-state index in [9.17, 15) is 14.7 Å². The summed E-state index contributed by atoms with van der Waals surface area (Å²) in [5.74, 6) is -0.802. The minimum atomic E-state index is -0.802. The number of carbonyl (C=O) groups is 2. The van der Waals surface area contributed by atoms with Crippen LogP contribution < -0.4 is 0 Å². The van der Waals surface area contributed by atoms with Gasteiger partial charge in [-0.15, -0.1) is 0 Å². The van der Waals surface area contributed by atoms with Gasteiger partial charge in [0.1, 0.15) is 5.60 Å². The second kappa shape index (κ2) is 3.39. The molecule has 0 spiro atoms. The third-order valence-corrected chi connectivity index (χ3v) is 4.29. The number of carboxylic acid groups (broad SMARTS) is 1. The third kappa shape index (κ3) is 1.52. The van der Waals surface area contributed by atoms with Gasteiger partial charge >= 0.3 is 12.1 Å². The SMILES string of the molecule is CC(C)(C)OC(=O)N1CC[C@]2(C(=O)O)[C@H]1C2(C)C. The van der Waals surface area contributed by atoms with Gasteiger partial charge in [0.15, 0.2) is 0 Å². The Balaban J connectivity index is 2.17. The Morgan fingerprint density at radius 2 is 1.89 bits per heavy atom. The number of piperidine rings is 1. The average molecular weight is 255 g/mol. The van der Waals surface area contributed by atoms with E-state index < -0.39 is 23.1 Å². The highest BCUT2D eigenvalue weighted by Crippen LogP contribution is 2.71. The number of rotatable bonds is 1. The molecule has 0 aromatic carbocycles. The van der Waals surface area contributed by atoms with Crippen molar-refractivity contribution in [3.63, 3.8) is 0 Å². The third-order valence-electron chi connectivity index (χ3n) is 4.29. The van der Waals surface area contributed by atoms with E-state index in [0.29, 0.717) is 13.0 Å². The molecule has 0 aromatic heterocycles. The van der Waals surface area contributed by atoms with Crippen LogP contribution in [-0.4, -0.2) is 40.3 Å². The molecule has 2 atom stereocenters. The molecule has 1 amide bonds. The molecule has 1 heterocycles. The fourth-order valence-electron chi connectivity index (χ4n) is 3.38. The number of hydrogen-bond donors (Lipinski definition) is 1. The summed E-state index contributed by atoms with van der Waals surface area (Å²) in [6.07, 6.45) is 0.111. The van der Waals surface area contributed by atoms with Crippen LogP contribution in [0.4, 0.5) is 4.79 Å². The van der Waals surface area contributed by atoms with Crippen LogP contribution >= 0.6 is 0 Å². The van der Waals surface area contributed by atoms with Gasteiger partial charge in [0.05, 0.1) is 11.5 Å². The van der Waals surface area contributed by atoms with Crippen molar-refractivity contribution in [2.24, 2.45) is 10.8 Å². The number of ether oxygens (including phenoxy) is 1. The molecule has 1 saturated carbocycles.